The van der Waals surface area contributed by atoms with Gasteiger partial charge in [-0.1, -0.05) is 30.3 Å². The minimum Gasteiger partial charge on any atom is -0.384 e. The van der Waals surface area contributed by atoms with Gasteiger partial charge in [0.05, 0.1) is 0 Å². The summed E-state index contributed by atoms with van der Waals surface area (Å²) in [6.45, 7) is 0.799. The molecule has 0 aliphatic heterocycles. The van der Waals surface area contributed by atoms with Crippen molar-refractivity contribution in [2.24, 2.45) is 5.73 Å². The summed E-state index contributed by atoms with van der Waals surface area (Å²) in [4.78, 5) is 6.36. The molecule has 0 aliphatic rings. The van der Waals surface area contributed by atoms with Gasteiger partial charge >= 0.3 is 0 Å². The highest BCUT2D eigenvalue weighted by Gasteiger charge is 2.04. The summed E-state index contributed by atoms with van der Waals surface area (Å²) in [5.74, 6) is 0.906. The van der Waals surface area contributed by atoms with Gasteiger partial charge in [0.1, 0.15) is 11.7 Å². The maximum Gasteiger partial charge on any atom is 0.128 e. The summed E-state index contributed by atoms with van der Waals surface area (Å²) < 4.78 is 0. The molecule has 1 aromatic heterocycles. The third-order valence-electron chi connectivity index (χ3n) is 2.71. The second-order valence-electron chi connectivity index (χ2n) is 4.16. The van der Waals surface area contributed by atoms with Gasteiger partial charge in [-0.15, -0.1) is 0 Å². The Balaban J connectivity index is 2.09. The Morgan fingerprint density at radius 3 is 2.50 bits per heavy atom. The van der Waals surface area contributed by atoms with Gasteiger partial charge in [0, 0.05) is 25.4 Å². The topological polar surface area (TPSA) is 66.0 Å². The number of pyridine rings is 1. The van der Waals surface area contributed by atoms with Crippen LogP contribution in [0.3, 0.4) is 0 Å². The van der Waals surface area contributed by atoms with Crippen molar-refractivity contribution in [1.29, 1.82) is 5.41 Å². The zero-order valence-corrected chi connectivity index (χ0v) is 10.3. The number of benzene rings is 1. The standard InChI is InChI=1S/C14H16N4/c1-18(10-11-5-3-2-4-6-11)13-8-7-12(9-17-13)14(15)16/h2-9H,10H2,1H3,(H3,15,16). The summed E-state index contributed by atoms with van der Waals surface area (Å²) in [6.07, 6.45) is 1.62. The van der Waals surface area contributed by atoms with Crippen LogP contribution in [0.25, 0.3) is 0 Å². The average Bonchev–Trinajstić information content (AvgIpc) is 2.40. The van der Waals surface area contributed by atoms with E-state index in [1.807, 2.05) is 37.4 Å². The van der Waals surface area contributed by atoms with Crippen molar-refractivity contribution in [3.8, 4) is 0 Å². The van der Waals surface area contributed by atoms with Crippen LogP contribution in [0.1, 0.15) is 11.1 Å². The van der Waals surface area contributed by atoms with E-state index in [2.05, 4.69) is 22.0 Å². The Bertz CT molecular complexity index is 519. The smallest absolute Gasteiger partial charge is 0.128 e. The number of nitrogen functional groups attached to an aromatic ring is 1. The minimum absolute atomic E-state index is 0.0414. The molecule has 0 bridgehead atoms. The van der Waals surface area contributed by atoms with E-state index in [4.69, 9.17) is 11.1 Å². The number of nitrogens with two attached hydrogens (primary N) is 1. The van der Waals surface area contributed by atoms with Crippen molar-refractivity contribution in [3.05, 3.63) is 59.8 Å². The molecule has 0 radical (unpaired) electrons. The number of hydrogen-bond donors (Lipinski definition) is 2. The van der Waals surface area contributed by atoms with Crippen LogP contribution in [0.4, 0.5) is 5.82 Å². The predicted molar refractivity (Wildman–Crippen MR) is 73.8 cm³/mol. The van der Waals surface area contributed by atoms with Crippen LogP contribution >= 0.6 is 0 Å². The number of hydrogen-bond acceptors (Lipinski definition) is 3. The summed E-state index contributed by atoms with van der Waals surface area (Å²) in [6, 6.07) is 13.9. The number of nitrogens with zero attached hydrogens (tertiary/aromatic N) is 2. The molecule has 0 saturated carbocycles. The number of aromatic nitrogens is 1. The van der Waals surface area contributed by atoms with Crippen molar-refractivity contribution in [2.45, 2.75) is 6.54 Å². The molecule has 4 heteroatoms. The molecular weight excluding hydrogens is 224 g/mol. The average molecular weight is 240 g/mol. The zero-order chi connectivity index (χ0) is 13.0. The number of anilines is 1. The molecule has 18 heavy (non-hydrogen) atoms. The first-order valence-electron chi connectivity index (χ1n) is 5.72. The van der Waals surface area contributed by atoms with Crippen LogP contribution in [0, 0.1) is 5.41 Å². The molecule has 0 fully saturated rings. The van der Waals surface area contributed by atoms with E-state index in [1.165, 1.54) is 5.56 Å². The van der Waals surface area contributed by atoms with Gasteiger partial charge in [-0.3, -0.25) is 5.41 Å². The van der Waals surface area contributed by atoms with Crippen LogP contribution in [-0.4, -0.2) is 17.9 Å². The van der Waals surface area contributed by atoms with E-state index in [0.29, 0.717) is 5.56 Å². The van der Waals surface area contributed by atoms with Gasteiger partial charge in [-0.25, -0.2) is 4.98 Å². The molecule has 0 saturated heterocycles. The first-order chi connectivity index (χ1) is 8.66. The molecule has 4 nitrogen and oxygen atoms in total. The largest absolute Gasteiger partial charge is 0.384 e. The van der Waals surface area contributed by atoms with Crippen LogP contribution in [0.5, 0.6) is 0 Å². The van der Waals surface area contributed by atoms with Crippen LogP contribution in [0.15, 0.2) is 48.7 Å². The van der Waals surface area contributed by atoms with Crippen molar-refractivity contribution in [3.63, 3.8) is 0 Å². The minimum atomic E-state index is 0.0414. The normalized spacial score (nSPS) is 10.1. The van der Waals surface area contributed by atoms with E-state index < -0.39 is 0 Å². The molecule has 1 heterocycles. The Hall–Kier alpha value is -2.36. The van der Waals surface area contributed by atoms with Gasteiger partial charge < -0.3 is 10.6 Å². The number of nitrogens with one attached hydrogen (secondary N) is 1. The number of rotatable bonds is 4. The highest BCUT2D eigenvalue weighted by molar-refractivity contribution is 5.94. The van der Waals surface area contributed by atoms with Gasteiger partial charge in [-0.05, 0) is 17.7 Å². The lowest BCUT2D eigenvalue weighted by Crippen LogP contribution is -2.18. The molecule has 0 unspecified atom stereocenters. The molecule has 0 amide bonds. The first-order valence-corrected chi connectivity index (χ1v) is 5.72. The third-order valence-corrected chi connectivity index (χ3v) is 2.71. The first kappa shape index (κ1) is 12.1. The molecule has 0 atom stereocenters. The third kappa shape index (κ3) is 2.85. The lowest BCUT2D eigenvalue weighted by atomic mass is 10.2. The highest BCUT2D eigenvalue weighted by atomic mass is 15.2. The van der Waals surface area contributed by atoms with Crippen molar-refractivity contribution in [2.75, 3.05) is 11.9 Å². The Morgan fingerprint density at radius 1 is 1.22 bits per heavy atom. The molecule has 92 valence electrons. The molecular formula is C14H16N4. The monoisotopic (exact) mass is 240 g/mol. The Labute approximate surface area is 107 Å². The van der Waals surface area contributed by atoms with Crippen molar-refractivity contribution >= 4 is 11.7 Å². The molecule has 3 N–H and O–H groups in total. The second-order valence-corrected chi connectivity index (χ2v) is 4.16. The maximum absolute atomic E-state index is 7.32. The summed E-state index contributed by atoms with van der Waals surface area (Å²) in [5.41, 5.74) is 7.27. The van der Waals surface area contributed by atoms with E-state index in [-0.39, 0.29) is 5.84 Å². The number of amidine groups is 1. The lowest BCUT2D eigenvalue weighted by Gasteiger charge is -2.18. The molecule has 0 aliphatic carbocycles. The van der Waals surface area contributed by atoms with Crippen LogP contribution in [0.2, 0.25) is 0 Å². The summed E-state index contributed by atoms with van der Waals surface area (Å²) >= 11 is 0. The van der Waals surface area contributed by atoms with E-state index >= 15 is 0 Å². The quantitative estimate of drug-likeness (QED) is 0.634. The summed E-state index contributed by atoms with van der Waals surface area (Å²) in [7, 11) is 1.99. The highest BCUT2D eigenvalue weighted by Crippen LogP contribution is 2.12. The van der Waals surface area contributed by atoms with E-state index in [9.17, 15) is 0 Å². The molecule has 0 spiro atoms. The molecule has 2 aromatic rings. The van der Waals surface area contributed by atoms with Gasteiger partial charge in [0.15, 0.2) is 0 Å². The van der Waals surface area contributed by atoms with Crippen molar-refractivity contribution < 1.29 is 0 Å². The van der Waals surface area contributed by atoms with E-state index in [0.717, 1.165) is 12.4 Å². The second kappa shape index (κ2) is 5.31. The fraction of sp³-hybridized carbons (Fsp3) is 0.143. The maximum atomic E-state index is 7.32. The zero-order valence-electron chi connectivity index (χ0n) is 10.3. The molecule has 2 rings (SSSR count). The van der Waals surface area contributed by atoms with Crippen LogP contribution in [-0.2, 0) is 6.54 Å². The van der Waals surface area contributed by atoms with Crippen molar-refractivity contribution in [1.82, 2.24) is 4.98 Å². The summed E-state index contributed by atoms with van der Waals surface area (Å²) in [5, 5.41) is 7.32. The SMILES string of the molecule is CN(Cc1ccccc1)c1ccc(C(=N)N)cn1. The lowest BCUT2D eigenvalue weighted by molar-refractivity contribution is 0.897. The fourth-order valence-corrected chi connectivity index (χ4v) is 1.71. The predicted octanol–water partition coefficient (Wildman–Crippen LogP) is 2.00. The van der Waals surface area contributed by atoms with Gasteiger partial charge in [0.2, 0.25) is 0 Å². The fourth-order valence-electron chi connectivity index (χ4n) is 1.71. The van der Waals surface area contributed by atoms with Gasteiger partial charge in [0.25, 0.3) is 0 Å². The Morgan fingerprint density at radius 2 is 1.94 bits per heavy atom. The van der Waals surface area contributed by atoms with E-state index in [1.54, 1.807) is 6.20 Å². The van der Waals surface area contributed by atoms with Crippen LogP contribution < -0.4 is 10.6 Å². The Kier molecular flexibility index (Phi) is 3.57. The van der Waals surface area contributed by atoms with Gasteiger partial charge in [-0.2, -0.15) is 0 Å². The molecule has 1 aromatic carbocycles.